The number of hydrogen-bond acceptors (Lipinski definition) is 4. The van der Waals surface area contributed by atoms with Crippen molar-refractivity contribution in [3.63, 3.8) is 0 Å². The maximum absolute atomic E-state index is 14.5. The number of benzene rings is 2. The Labute approximate surface area is 175 Å². The highest BCUT2D eigenvalue weighted by atomic mass is 19.1. The number of hydrogen-bond donors (Lipinski definition) is 0. The zero-order valence-corrected chi connectivity index (χ0v) is 17.4. The number of pyridine rings is 1. The number of halogens is 1. The SMILES string of the molecule is CC(=O)c1ccc(N2CCN(C(=O)c3cc(C)nc4ccc(C)cc34)CC2)c(F)c1. The van der Waals surface area contributed by atoms with Crippen molar-refractivity contribution in [2.75, 3.05) is 31.1 Å². The molecule has 0 atom stereocenters. The molecule has 30 heavy (non-hydrogen) atoms. The number of amides is 1. The van der Waals surface area contributed by atoms with Crippen LogP contribution in [-0.4, -0.2) is 47.8 Å². The molecule has 154 valence electrons. The van der Waals surface area contributed by atoms with Gasteiger partial charge in [0, 0.05) is 42.8 Å². The summed E-state index contributed by atoms with van der Waals surface area (Å²) in [6.45, 7) is 7.37. The van der Waals surface area contributed by atoms with Gasteiger partial charge in [0.1, 0.15) is 5.82 Å². The molecule has 1 fully saturated rings. The first-order chi connectivity index (χ1) is 14.3. The monoisotopic (exact) mass is 405 g/mol. The molecule has 2 aromatic carbocycles. The smallest absolute Gasteiger partial charge is 0.254 e. The molecule has 1 aliphatic rings. The summed E-state index contributed by atoms with van der Waals surface area (Å²) in [5.74, 6) is -0.595. The second-order valence-electron chi connectivity index (χ2n) is 7.83. The van der Waals surface area contributed by atoms with Crippen molar-refractivity contribution in [1.82, 2.24) is 9.88 Å². The first kappa shape index (κ1) is 20.0. The predicted molar refractivity (Wildman–Crippen MR) is 116 cm³/mol. The van der Waals surface area contributed by atoms with Gasteiger partial charge >= 0.3 is 0 Å². The summed E-state index contributed by atoms with van der Waals surface area (Å²) < 4.78 is 14.5. The second kappa shape index (κ2) is 7.86. The van der Waals surface area contributed by atoms with Crippen LogP contribution < -0.4 is 4.90 Å². The molecule has 0 radical (unpaired) electrons. The van der Waals surface area contributed by atoms with Crippen molar-refractivity contribution in [1.29, 1.82) is 0 Å². The molecule has 3 aromatic rings. The van der Waals surface area contributed by atoms with Crippen molar-refractivity contribution in [2.24, 2.45) is 0 Å². The van der Waals surface area contributed by atoms with Crippen molar-refractivity contribution in [3.8, 4) is 0 Å². The number of aryl methyl sites for hydroxylation is 2. The van der Waals surface area contributed by atoms with Crippen LogP contribution in [0, 0.1) is 19.7 Å². The molecule has 0 aliphatic carbocycles. The lowest BCUT2D eigenvalue weighted by molar-refractivity contribution is 0.0748. The minimum atomic E-state index is -0.409. The van der Waals surface area contributed by atoms with E-state index >= 15 is 0 Å². The summed E-state index contributed by atoms with van der Waals surface area (Å²) in [5, 5.41) is 0.860. The lowest BCUT2D eigenvalue weighted by Crippen LogP contribution is -2.49. The molecule has 4 rings (SSSR count). The van der Waals surface area contributed by atoms with Crippen LogP contribution in [0.15, 0.2) is 42.5 Å². The van der Waals surface area contributed by atoms with Crippen LogP contribution in [0.5, 0.6) is 0 Å². The van der Waals surface area contributed by atoms with Crippen molar-refractivity contribution < 1.29 is 14.0 Å². The zero-order valence-electron chi connectivity index (χ0n) is 17.4. The van der Waals surface area contributed by atoms with Gasteiger partial charge in [-0.05, 0) is 57.2 Å². The molecule has 2 heterocycles. The van der Waals surface area contributed by atoms with Crippen molar-refractivity contribution in [2.45, 2.75) is 20.8 Å². The van der Waals surface area contributed by atoms with Crippen LogP contribution in [0.4, 0.5) is 10.1 Å². The van der Waals surface area contributed by atoms with Gasteiger partial charge in [0.25, 0.3) is 5.91 Å². The largest absolute Gasteiger partial charge is 0.366 e. The Kier molecular flexibility index (Phi) is 5.24. The van der Waals surface area contributed by atoms with Crippen molar-refractivity contribution >= 4 is 28.3 Å². The van der Waals surface area contributed by atoms with Gasteiger partial charge in [0.15, 0.2) is 5.78 Å². The summed E-state index contributed by atoms with van der Waals surface area (Å²) in [5.41, 5.74) is 4.19. The fourth-order valence-corrected chi connectivity index (χ4v) is 3.95. The number of nitrogens with zero attached hydrogens (tertiary/aromatic N) is 3. The van der Waals surface area contributed by atoms with Gasteiger partial charge in [-0.3, -0.25) is 14.6 Å². The fourth-order valence-electron chi connectivity index (χ4n) is 3.95. The summed E-state index contributed by atoms with van der Waals surface area (Å²) in [7, 11) is 0. The summed E-state index contributed by atoms with van der Waals surface area (Å²) in [6, 6.07) is 12.4. The molecule has 0 N–H and O–H groups in total. The average molecular weight is 405 g/mol. The molecule has 1 amide bonds. The minimum absolute atomic E-state index is 0.0249. The molecule has 1 aromatic heterocycles. The first-order valence-electron chi connectivity index (χ1n) is 10.1. The van der Waals surface area contributed by atoms with Crippen molar-refractivity contribution in [3.05, 3.63) is 70.7 Å². The van der Waals surface area contributed by atoms with E-state index in [1.807, 2.05) is 47.9 Å². The zero-order chi connectivity index (χ0) is 21.4. The number of carbonyl (C=O) groups is 2. The molecular weight excluding hydrogens is 381 g/mol. The molecule has 0 bridgehead atoms. The number of carbonyl (C=O) groups excluding carboxylic acids is 2. The normalized spacial score (nSPS) is 14.3. The van der Waals surface area contributed by atoms with E-state index < -0.39 is 5.82 Å². The van der Waals surface area contributed by atoms with Crippen LogP contribution in [0.2, 0.25) is 0 Å². The van der Waals surface area contributed by atoms with Gasteiger partial charge < -0.3 is 9.80 Å². The second-order valence-corrected chi connectivity index (χ2v) is 7.83. The van der Waals surface area contributed by atoms with E-state index in [2.05, 4.69) is 4.98 Å². The van der Waals surface area contributed by atoms with Crippen LogP contribution in [0.3, 0.4) is 0 Å². The highest BCUT2D eigenvalue weighted by molar-refractivity contribution is 6.06. The Morgan fingerprint density at radius 1 is 0.967 bits per heavy atom. The third kappa shape index (κ3) is 3.77. The summed E-state index contributed by atoms with van der Waals surface area (Å²) >= 11 is 0. The maximum atomic E-state index is 14.5. The molecule has 6 heteroatoms. The molecule has 0 unspecified atom stereocenters. The molecule has 5 nitrogen and oxygen atoms in total. The van der Waals surface area contributed by atoms with E-state index in [-0.39, 0.29) is 11.7 Å². The Hall–Kier alpha value is -3.28. The molecule has 0 spiro atoms. The minimum Gasteiger partial charge on any atom is -0.366 e. The highest BCUT2D eigenvalue weighted by Gasteiger charge is 2.25. The van der Waals surface area contributed by atoms with Crippen LogP contribution in [0.25, 0.3) is 10.9 Å². The van der Waals surface area contributed by atoms with E-state index in [1.54, 1.807) is 12.1 Å². The first-order valence-corrected chi connectivity index (χ1v) is 10.1. The number of Topliss-reactive ketones (excluding diaryl/α,β-unsaturated/α-hetero) is 1. The van der Waals surface area contributed by atoms with E-state index in [1.165, 1.54) is 13.0 Å². The van der Waals surface area contributed by atoms with E-state index in [4.69, 9.17) is 0 Å². The highest BCUT2D eigenvalue weighted by Crippen LogP contribution is 2.25. The number of piperazine rings is 1. The summed E-state index contributed by atoms with van der Waals surface area (Å²) in [4.78, 5) is 33.0. The predicted octanol–water partition coefficient (Wildman–Crippen LogP) is 4.16. The van der Waals surface area contributed by atoms with Crippen LogP contribution in [-0.2, 0) is 0 Å². The standard InChI is InChI=1S/C24H24FN3O2/c1-15-4-6-22-19(12-15)20(13-16(2)26-22)24(30)28-10-8-27(9-11-28)23-7-5-18(17(3)29)14-21(23)25/h4-7,12-14H,8-11H2,1-3H3. The lowest BCUT2D eigenvalue weighted by atomic mass is 10.0. The summed E-state index contributed by atoms with van der Waals surface area (Å²) in [6.07, 6.45) is 0. The van der Waals surface area contributed by atoms with Gasteiger partial charge in [-0.15, -0.1) is 0 Å². The van der Waals surface area contributed by atoms with E-state index in [0.717, 1.165) is 22.2 Å². The molecule has 1 aliphatic heterocycles. The number of aromatic nitrogens is 1. The number of anilines is 1. The Morgan fingerprint density at radius 2 is 1.70 bits per heavy atom. The fraction of sp³-hybridized carbons (Fsp3) is 0.292. The molecular formula is C24H24FN3O2. The topological polar surface area (TPSA) is 53.5 Å². The molecule has 0 saturated carbocycles. The van der Waals surface area contributed by atoms with Crippen LogP contribution >= 0.6 is 0 Å². The average Bonchev–Trinajstić information content (AvgIpc) is 2.73. The van der Waals surface area contributed by atoms with Crippen LogP contribution in [0.1, 0.15) is 38.9 Å². The van der Waals surface area contributed by atoms with Gasteiger partial charge in [-0.25, -0.2) is 4.39 Å². The maximum Gasteiger partial charge on any atom is 0.254 e. The number of rotatable bonds is 3. The number of ketones is 1. The Balaban J connectivity index is 1.54. The van der Waals surface area contributed by atoms with Gasteiger partial charge in [-0.2, -0.15) is 0 Å². The number of fused-ring (bicyclic) bond motifs is 1. The van der Waals surface area contributed by atoms with Gasteiger partial charge in [-0.1, -0.05) is 11.6 Å². The quantitative estimate of drug-likeness (QED) is 0.614. The van der Waals surface area contributed by atoms with Gasteiger partial charge in [0.2, 0.25) is 0 Å². The third-order valence-electron chi connectivity index (χ3n) is 5.58. The molecule has 1 saturated heterocycles. The van der Waals surface area contributed by atoms with E-state index in [0.29, 0.717) is 43.0 Å². The Morgan fingerprint density at radius 3 is 2.37 bits per heavy atom. The third-order valence-corrected chi connectivity index (χ3v) is 5.58. The Bertz CT molecular complexity index is 1150. The van der Waals surface area contributed by atoms with E-state index in [9.17, 15) is 14.0 Å². The van der Waals surface area contributed by atoms with Gasteiger partial charge in [0.05, 0.1) is 16.8 Å². The lowest BCUT2D eigenvalue weighted by Gasteiger charge is -2.36.